The number of hydrogen-bond acceptors (Lipinski definition) is 3. The van der Waals surface area contributed by atoms with Crippen LogP contribution in [-0.4, -0.2) is 17.6 Å². The van der Waals surface area contributed by atoms with Gasteiger partial charge in [-0.3, -0.25) is 0 Å². The van der Waals surface area contributed by atoms with Gasteiger partial charge in [0.1, 0.15) is 0 Å². The number of amidine groups is 1. The summed E-state index contributed by atoms with van der Waals surface area (Å²) in [5.74, 6) is -4.40. The molecule has 4 N–H and O–H groups in total. The first-order chi connectivity index (χ1) is 7.06. The van der Waals surface area contributed by atoms with E-state index < -0.39 is 17.5 Å². The van der Waals surface area contributed by atoms with Crippen LogP contribution in [0, 0.1) is 17.5 Å². The van der Waals surface area contributed by atoms with Crippen LogP contribution in [0.1, 0.15) is 0 Å². The second-order valence-electron chi connectivity index (χ2n) is 2.67. The second-order valence-corrected chi connectivity index (χ2v) is 2.67. The molecule has 0 atom stereocenters. The Morgan fingerprint density at radius 2 is 2.00 bits per heavy atom. The van der Waals surface area contributed by atoms with Crippen LogP contribution in [0.2, 0.25) is 0 Å². The minimum atomic E-state index is -1.57. The summed E-state index contributed by atoms with van der Waals surface area (Å²) in [5, 5.41) is 13.1. The number of benzene rings is 1. The van der Waals surface area contributed by atoms with Gasteiger partial charge in [0.15, 0.2) is 23.3 Å². The minimum absolute atomic E-state index is 0.182. The first-order valence-corrected chi connectivity index (χ1v) is 3.90. The molecule has 0 spiro atoms. The number of rotatable bonds is 3. The van der Waals surface area contributed by atoms with Crippen LogP contribution in [0.3, 0.4) is 0 Å². The van der Waals surface area contributed by atoms with Gasteiger partial charge in [-0.25, -0.2) is 13.2 Å². The fourth-order valence-electron chi connectivity index (χ4n) is 0.884. The van der Waals surface area contributed by atoms with Crippen LogP contribution < -0.4 is 11.1 Å². The molecular formula is C8H8F3N3O. The van der Waals surface area contributed by atoms with E-state index in [1.54, 1.807) is 0 Å². The number of oxime groups is 1. The second kappa shape index (κ2) is 4.54. The normalized spacial score (nSPS) is 11.5. The highest BCUT2D eigenvalue weighted by Gasteiger charge is 2.12. The summed E-state index contributed by atoms with van der Waals surface area (Å²) in [5.41, 5.74) is 4.82. The number of hydrogen-bond donors (Lipinski definition) is 3. The molecule has 0 unspecified atom stereocenters. The highest BCUT2D eigenvalue weighted by Crippen LogP contribution is 2.19. The highest BCUT2D eigenvalue weighted by molar-refractivity contribution is 5.84. The standard InChI is InChI=1S/C8H8F3N3O/c9-4-1-2-5(8(11)7(4)10)13-3-6(12)14-15/h1-2,13,15H,3H2,(H2,12,14). The summed E-state index contributed by atoms with van der Waals surface area (Å²) in [4.78, 5) is 0. The molecule has 0 fully saturated rings. The van der Waals surface area contributed by atoms with Crippen molar-refractivity contribution in [3.63, 3.8) is 0 Å². The van der Waals surface area contributed by atoms with Crippen molar-refractivity contribution in [2.45, 2.75) is 0 Å². The van der Waals surface area contributed by atoms with Crippen molar-refractivity contribution in [1.82, 2.24) is 0 Å². The molecule has 0 saturated carbocycles. The van der Waals surface area contributed by atoms with Crippen molar-refractivity contribution in [3.05, 3.63) is 29.6 Å². The lowest BCUT2D eigenvalue weighted by molar-refractivity contribution is 0.317. The van der Waals surface area contributed by atoms with Gasteiger partial charge >= 0.3 is 0 Å². The Hall–Kier alpha value is -1.92. The largest absolute Gasteiger partial charge is 0.409 e. The fourth-order valence-corrected chi connectivity index (χ4v) is 0.884. The van der Waals surface area contributed by atoms with Crippen LogP contribution in [-0.2, 0) is 0 Å². The molecule has 0 aliphatic heterocycles. The van der Waals surface area contributed by atoms with Gasteiger partial charge in [-0.05, 0) is 12.1 Å². The third-order valence-electron chi connectivity index (χ3n) is 1.62. The molecule has 1 aromatic rings. The molecule has 7 heteroatoms. The number of halogens is 3. The predicted octanol–water partition coefficient (Wildman–Crippen LogP) is 1.26. The number of nitrogens with zero attached hydrogens (tertiary/aromatic N) is 1. The quantitative estimate of drug-likeness (QED) is 0.235. The minimum Gasteiger partial charge on any atom is -0.409 e. The molecule has 15 heavy (non-hydrogen) atoms. The predicted molar refractivity (Wildman–Crippen MR) is 48.2 cm³/mol. The Balaban J connectivity index is 2.83. The molecule has 0 aliphatic carbocycles. The lowest BCUT2D eigenvalue weighted by Gasteiger charge is -2.06. The van der Waals surface area contributed by atoms with Gasteiger partial charge in [-0.1, -0.05) is 5.16 Å². The van der Waals surface area contributed by atoms with E-state index in [0.717, 1.165) is 12.1 Å². The Kier molecular flexibility index (Phi) is 3.37. The van der Waals surface area contributed by atoms with Crippen LogP contribution in [0.5, 0.6) is 0 Å². The average Bonchev–Trinajstić information content (AvgIpc) is 2.24. The summed E-state index contributed by atoms with van der Waals surface area (Å²) in [7, 11) is 0. The third kappa shape index (κ3) is 2.52. The maximum absolute atomic E-state index is 13.0. The molecule has 82 valence electrons. The average molecular weight is 219 g/mol. The van der Waals surface area contributed by atoms with Gasteiger partial charge in [-0.2, -0.15) is 0 Å². The monoisotopic (exact) mass is 219 g/mol. The molecule has 4 nitrogen and oxygen atoms in total. The van der Waals surface area contributed by atoms with Gasteiger partial charge in [0.2, 0.25) is 0 Å². The summed E-state index contributed by atoms with van der Waals surface area (Å²) < 4.78 is 38.2. The Morgan fingerprint density at radius 1 is 1.33 bits per heavy atom. The van der Waals surface area contributed by atoms with Crippen molar-refractivity contribution in [1.29, 1.82) is 0 Å². The highest BCUT2D eigenvalue weighted by atomic mass is 19.2. The summed E-state index contributed by atoms with van der Waals surface area (Å²) in [6, 6.07) is 1.78. The Bertz CT molecular complexity index is 395. The van der Waals surface area contributed by atoms with Crippen molar-refractivity contribution in [2.75, 3.05) is 11.9 Å². The maximum Gasteiger partial charge on any atom is 0.196 e. The molecule has 0 amide bonds. The molecule has 0 bridgehead atoms. The smallest absolute Gasteiger partial charge is 0.196 e. The van der Waals surface area contributed by atoms with Crippen molar-refractivity contribution in [2.24, 2.45) is 10.9 Å². The van der Waals surface area contributed by atoms with Gasteiger partial charge in [-0.15, -0.1) is 0 Å². The number of nitrogens with one attached hydrogen (secondary N) is 1. The van der Waals surface area contributed by atoms with E-state index in [1.807, 2.05) is 0 Å². The number of nitrogens with two attached hydrogens (primary N) is 1. The molecule has 1 rings (SSSR count). The zero-order valence-electron chi connectivity index (χ0n) is 7.47. The van der Waals surface area contributed by atoms with E-state index in [1.165, 1.54) is 0 Å². The van der Waals surface area contributed by atoms with E-state index in [-0.39, 0.29) is 18.1 Å². The molecule has 1 aromatic carbocycles. The van der Waals surface area contributed by atoms with E-state index in [0.29, 0.717) is 0 Å². The fraction of sp³-hybridized carbons (Fsp3) is 0.125. The topological polar surface area (TPSA) is 70.6 Å². The van der Waals surface area contributed by atoms with Crippen molar-refractivity contribution in [3.8, 4) is 0 Å². The zero-order valence-corrected chi connectivity index (χ0v) is 7.47. The van der Waals surface area contributed by atoms with Crippen LogP contribution in [0.15, 0.2) is 17.3 Å². The molecule has 0 radical (unpaired) electrons. The number of anilines is 1. The van der Waals surface area contributed by atoms with Gasteiger partial charge in [0.05, 0.1) is 12.2 Å². The van der Waals surface area contributed by atoms with Gasteiger partial charge in [0, 0.05) is 0 Å². The van der Waals surface area contributed by atoms with E-state index in [9.17, 15) is 13.2 Å². The van der Waals surface area contributed by atoms with Gasteiger partial charge in [0.25, 0.3) is 0 Å². The lowest BCUT2D eigenvalue weighted by atomic mass is 10.3. The van der Waals surface area contributed by atoms with Crippen molar-refractivity contribution >= 4 is 11.5 Å². The Morgan fingerprint density at radius 3 is 2.60 bits per heavy atom. The SMILES string of the molecule is NC(CNc1ccc(F)c(F)c1F)=NO. The molecule has 0 aromatic heterocycles. The van der Waals surface area contributed by atoms with E-state index >= 15 is 0 Å². The Labute approximate surface area is 83.2 Å². The summed E-state index contributed by atoms with van der Waals surface area (Å²) in [6.45, 7) is -0.182. The first kappa shape index (κ1) is 11.2. The first-order valence-electron chi connectivity index (χ1n) is 3.90. The van der Waals surface area contributed by atoms with Crippen LogP contribution in [0.4, 0.5) is 18.9 Å². The van der Waals surface area contributed by atoms with Crippen molar-refractivity contribution < 1.29 is 18.4 Å². The molecule has 0 aliphatic rings. The van der Waals surface area contributed by atoms with Crippen LogP contribution in [0.25, 0.3) is 0 Å². The molecule has 0 heterocycles. The summed E-state index contributed by atoms with van der Waals surface area (Å²) >= 11 is 0. The maximum atomic E-state index is 13.0. The molecule has 0 saturated heterocycles. The van der Waals surface area contributed by atoms with E-state index in [4.69, 9.17) is 10.9 Å². The van der Waals surface area contributed by atoms with Gasteiger partial charge < -0.3 is 16.3 Å². The summed E-state index contributed by atoms with van der Waals surface area (Å²) in [6.07, 6.45) is 0. The lowest BCUT2D eigenvalue weighted by Crippen LogP contribution is -2.23. The van der Waals surface area contributed by atoms with Crippen LogP contribution >= 0.6 is 0 Å². The third-order valence-corrected chi connectivity index (χ3v) is 1.62. The zero-order chi connectivity index (χ0) is 11.4. The molecular weight excluding hydrogens is 211 g/mol. The van der Waals surface area contributed by atoms with E-state index in [2.05, 4.69) is 10.5 Å².